The molecule has 0 radical (unpaired) electrons. The second-order valence-corrected chi connectivity index (χ2v) is 23.9. The first-order chi connectivity index (χ1) is 25.6. The number of nitrogens with zero attached hydrogens (tertiary/aromatic N) is 1. The number of sulfonamides is 1. The molecule has 1 unspecified atom stereocenters. The minimum atomic E-state index is -3.84. The highest BCUT2D eigenvalue weighted by Gasteiger charge is 2.75. The number of carbonyl (C=O) groups is 1. The van der Waals surface area contributed by atoms with Crippen molar-refractivity contribution in [2.75, 3.05) is 13.1 Å². The number of carbonyl (C=O) groups excluding carboxylic acids is 1. The molecule has 54 heavy (non-hydrogen) atoms. The molecule has 2 aromatic heterocycles. The van der Waals surface area contributed by atoms with Crippen molar-refractivity contribution >= 4 is 48.6 Å². The number of hydrogen-bond acceptors (Lipinski definition) is 7. The van der Waals surface area contributed by atoms with Gasteiger partial charge in [0.15, 0.2) is 5.78 Å². The lowest BCUT2D eigenvalue weighted by Gasteiger charge is -2.71. The molecule has 6 fully saturated rings. The maximum atomic E-state index is 15.2. The smallest absolute Gasteiger partial charge is 0.252 e. The minimum Gasteiger partial charge on any atom is -0.393 e. The Balaban J connectivity index is 1.06. The number of allylic oxidation sites excluding steroid dienone is 4. The van der Waals surface area contributed by atoms with Crippen LogP contribution in [0.5, 0.6) is 0 Å². The molecule has 0 saturated heterocycles. The van der Waals surface area contributed by atoms with E-state index in [1.54, 1.807) is 21.7 Å². The molecule has 9 heteroatoms. The van der Waals surface area contributed by atoms with Crippen LogP contribution < -0.4 is 0 Å². The Labute approximate surface area is 328 Å². The lowest BCUT2D eigenvalue weighted by molar-refractivity contribution is -0.174. The molecule has 11 atom stereocenters. The van der Waals surface area contributed by atoms with Gasteiger partial charge in [0.2, 0.25) is 0 Å². The first-order valence-electron chi connectivity index (χ1n) is 20.5. The predicted octanol–water partition coefficient (Wildman–Crippen LogP) is 9.50. The van der Waals surface area contributed by atoms with Crippen molar-refractivity contribution in [3.05, 3.63) is 76.5 Å². The highest BCUT2D eigenvalue weighted by molar-refractivity contribution is 7.91. The van der Waals surface area contributed by atoms with E-state index in [1.807, 2.05) is 29.6 Å². The van der Waals surface area contributed by atoms with Gasteiger partial charge in [-0.25, -0.2) is 8.42 Å². The number of benzene rings is 1. The molecule has 2 heterocycles. The van der Waals surface area contributed by atoms with E-state index in [4.69, 9.17) is 0 Å². The van der Waals surface area contributed by atoms with Crippen LogP contribution in [0.3, 0.4) is 0 Å². The van der Waals surface area contributed by atoms with Crippen LogP contribution in [0.2, 0.25) is 0 Å². The predicted molar refractivity (Wildman–Crippen MR) is 216 cm³/mol. The van der Waals surface area contributed by atoms with Crippen molar-refractivity contribution in [3.63, 3.8) is 0 Å². The van der Waals surface area contributed by atoms with Crippen molar-refractivity contribution in [3.8, 4) is 0 Å². The van der Waals surface area contributed by atoms with Gasteiger partial charge in [-0.3, -0.25) is 4.79 Å². The van der Waals surface area contributed by atoms with E-state index in [2.05, 4.69) is 58.1 Å². The summed E-state index contributed by atoms with van der Waals surface area (Å²) in [6, 6.07) is 13.8. The van der Waals surface area contributed by atoms with Gasteiger partial charge >= 0.3 is 0 Å². The third-order valence-electron chi connectivity index (χ3n) is 17.6. The molecule has 0 amide bonds. The molecule has 6 saturated carbocycles. The molecule has 6 nitrogen and oxygen atoms in total. The maximum absolute atomic E-state index is 15.2. The molecular weight excluding hydrogens is 731 g/mol. The minimum absolute atomic E-state index is 0.0381. The largest absolute Gasteiger partial charge is 0.393 e. The van der Waals surface area contributed by atoms with Crippen LogP contribution in [0.4, 0.5) is 0 Å². The molecule has 1 aromatic carbocycles. The fraction of sp³-hybridized carbons (Fsp3) is 0.622. The van der Waals surface area contributed by atoms with Crippen LogP contribution in [-0.4, -0.2) is 53.5 Å². The van der Waals surface area contributed by atoms with E-state index in [9.17, 15) is 18.6 Å². The summed E-state index contributed by atoms with van der Waals surface area (Å²) in [6.45, 7) is 9.88. The second-order valence-electron chi connectivity index (χ2n) is 19.7. The third kappa shape index (κ3) is 4.60. The molecule has 0 aliphatic heterocycles. The standard InChI is InChI=1S/C45H55NO5S3/c1-40(2)30-12-11-29(32(40)23-30)26-46(54(50,51)38-10-7-21-52-38)27-44(49)18-15-37-42(44,4)17-14-36-41(3)16-13-31(47)24-43(41)19-20-45(36,37)33(25-43)39(48)35-22-28-8-5-6-9-34(28)53-35/h5-10,19-22,25,29-32,36-37,47,49H,11-18,23-24,26-27H2,1-4H3/t29-,30-,31?,32-,36+,37+,41+,42-,43-,44+,45+/m0/s1. The van der Waals surface area contributed by atoms with Crippen LogP contribution in [0.25, 0.3) is 10.1 Å². The Bertz CT molecular complexity index is 2170. The number of ketones is 1. The summed E-state index contributed by atoms with van der Waals surface area (Å²) in [7, 11) is -3.84. The van der Waals surface area contributed by atoms with E-state index in [0.29, 0.717) is 29.5 Å². The van der Waals surface area contributed by atoms with Crippen LogP contribution in [0.1, 0.15) is 102 Å². The highest BCUT2D eigenvalue weighted by Crippen LogP contribution is 2.78. The molecule has 12 rings (SSSR count). The van der Waals surface area contributed by atoms with Gasteiger partial charge < -0.3 is 10.2 Å². The Morgan fingerprint density at radius 3 is 2.43 bits per heavy atom. The monoisotopic (exact) mass is 785 g/mol. The van der Waals surface area contributed by atoms with E-state index < -0.39 is 38.0 Å². The third-order valence-corrected chi connectivity index (χ3v) is 21.9. The summed E-state index contributed by atoms with van der Waals surface area (Å²) in [4.78, 5) is 15.9. The number of thiophene rings is 2. The lowest BCUT2D eigenvalue weighted by Crippen LogP contribution is -2.67. The average Bonchev–Trinajstić information content (AvgIpc) is 3.90. The first-order valence-corrected chi connectivity index (χ1v) is 23.6. The van der Waals surface area contributed by atoms with Gasteiger partial charge in [0.05, 0.1) is 16.6 Å². The normalized spacial score (nSPS) is 43.0. The van der Waals surface area contributed by atoms with Gasteiger partial charge in [-0.2, -0.15) is 4.31 Å². The summed E-state index contributed by atoms with van der Waals surface area (Å²) in [5.41, 5.74) is -1.93. The Hall–Kier alpha value is -2.14. The summed E-state index contributed by atoms with van der Waals surface area (Å²) in [5.74, 6) is 1.70. The van der Waals surface area contributed by atoms with Gasteiger partial charge in [-0.1, -0.05) is 70.2 Å². The van der Waals surface area contributed by atoms with Crippen molar-refractivity contribution in [2.45, 2.75) is 108 Å². The van der Waals surface area contributed by atoms with Gasteiger partial charge in [-0.05, 0) is 134 Å². The zero-order chi connectivity index (χ0) is 37.7. The van der Waals surface area contributed by atoms with Crippen molar-refractivity contribution in [1.29, 1.82) is 0 Å². The Morgan fingerprint density at radius 1 is 0.926 bits per heavy atom. The van der Waals surface area contributed by atoms with E-state index in [0.717, 1.165) is 71.4 Å². The van der Waals surface area contributed by atoms with Crippen LogP contribution >= 0.6 is 22.7 Å². The summed E-state index contributed by atoms with van der Waals surface area (Å²) in [6.07, 6.45) is 15.1. The second kappa shape index (κ2) is 11.7. The average molecular weight is 786 g/mol. The van der Waals surface area contributed by atoms with E-state index in [1.165, 1.54) is 17.8 Å². The zero-order valence-corrected chi connectivity index (χ0v) is 34.5. The van der Waals surface area contributed by atoms with E-state index >= 15 is 4.79 Å². The van der Waals surface area contributed by atoms with Gasteiger partial charge in [0.1, 0.15) is 4.21 Å². The SMILES string of the molecule is CC1(C)[C@H]2CC[C@@H](CN(C[C@]3(O)CC[C@H]4[C@]56C=C[C@@]7(C=C5C(=O)c5cc8ccccc8s5)CC(O)CC[C@]7(C)[C@H]6CC[C@@]43C)S(=O)(=O)c3cccs3)[C@@H]1C2. The first kappa shape index (κ1) is 36.2. The maximum Gasteiger partial charge on any atom is 0.252 e. The molecule has 2 N–H and O–H groups in total. The van der Waals surface area contributed by atoms with Gasteiger partial charge in [0.25, 0.3) is 10.0 Å². The van der Waals surface area contributed by atoms with Crippen molar-refractivity contribution < 1.29 is 23.4 Å². The highest BCUT2D eigenvalue weighted by atomic mass is 32.2. The van der Waals surface area contributed by atoms with E-state index in [-0.39, 0.29) is 40.9 Å². The number of aliphatic hydroxyl groups excluding tert-OH is 1. The molecule has 9 aliphatic rings. The topological polar surface area (TPSA) is 94.9 Å². The number of Topliss-reactive ketones (excluding diaryl/α,β-unsaturated/α-hetero) is 1. The quantitative estimate of drug-likeness (QED) is 0.175. The molecule has 2 spiro atoms. The molecule has 4 bridgehead atoms. The summed E-state index contributed by atoms with van der Waals surface area (Å²) in [5, 5.41) is 27.3. The molecule has 9 aliphatic carbocycles. The Morgan fingerprint density at radius 2 is 1.69 bits per heavy atom. The summed E-state index contributed by atoms with van der Waals surface area (Å²) < 4.78 is 32.4. The zero-order valence-electron chi connectivity index (χ0n) is 32.1. The van der Waals surface area contributed by atoms with Gasteiger partial charge in [0, 0.05) is 39.6 Å². The van der Waals surface area contributed by atoms with Crippen molar-refractivity contribution in [1.82, 2.24) is 4.31 Å². The van der Waals surface area contributed by atoms with Crippen LogP contribution in [0.15, 0.2) is 75.9 Å². The number of rotatable bonds is 8. The number of aliphatic hydroxyl groups is 2. The lowest BCUT2D eigenvalue weighted by atomic mass is 9.32. The summed E-state index contributed by atoms with van der Waals surface area (Å²) >= 11 is 2.82. The number of fused-ring (bicyclic) bond motifs is 4. The van der Waals surface area contributed by atoms with Gasteiger partial charge in [-0.15, -0.1) is 22.7 Å². The Kier molecular flexibility index (Phi) is 7.86. The van der Waals surface area contributed by atoms with Crippen molar-refractivity contribution in [2.24, 2.45) is 56.7 Å². The van der Waals surface area contributed by atoms with Crippen LogP contribution in [0, 0.1) is 56.7 Å². The fourth-order valence-electron chi connectivity index (χ4n) is 14.3. The number of hydrogen-bond donors (Lipinski definition) is 2. The molecular formula is C45H55NO5S3. The molecule has 3 aromatic rings. The molecule has 288 valence electrons. The fourth-order valence-corrected chi connectivity index (χ4v) is 18.1. The van der Waals surface area contributed by atoms with Crippen LogP contribution in [-0.2, 0) is 10.0 Å².